The molecule has 1 atom stereocenters. The van der Waals surface area contributed by atoms with Crippen LogP contribution in [0.15, 0.2) is 78.2 Å². The molecule has 0 aliphatic carbocycles. The molecular weight excluding hydrogens is 224 g/mol. The monoisotopic (exact) mass is 240 g/mol. The Morgan fingerprint density at radius 2 is 1.47 bits per heavy atom. The van der Waals surface area contributed by atoms with Gasteiger partial charge in [-0.15, -0.1) is 18.3 Å². The van der Waals surface area contributed by atoms with Gasteiger partial charge < -0.3 is 0 Å². The van der Waals surface area contributed by atoms with E-state index in [0.717, 1.165) is 0 Å². The molecule has 2 aromatic carbocycles. The average Bonchev–Trinajstić information content (AvgIpc) is 2.41. The molecule has 0 aliphatic rings. The largest absolute Gasteiger partial charge is 0.111 e. The second-order valence-electron chi connectivity index (χ2n) is 4.09. The molecule has 0 heterocycles. The SMILES string of the molecule is C=C[C@@](C)(Sc1ccccc1)c1ccccc1. The summed E-state index contributed by atoms with van der Waals surface area (Å²) in [7, 11) is 0. The number of benzene rings is 2. The van der Waals surface area contributed by atoms with E-state index >= 15 is 0 Å². The Kier molecular flexibility index (Phi) is 3.70. The molecule has 1 heteroatoms. The van der Waals surface area contributed by atoms with E-state index in [4.69, 9.17) is 0 Å². The van der Waals surface area contributed by atoms with Crippen LogP contribution in [-0.4, -0.2) is 0 Å². The Bertz CT molecular complexity index is 475. The van der Waals surface area contributed by atoms with Gasteiger partial charge in [0.1, 0.15) is 0 Å². The summed E-state index contributed by atoms with van der Waals surface area (Å²) in [5.74, 6) is 0. The lowest BCUT2D eigenvalue weighted by atomic mass is 10.0. The Morgan fingerprint density at radius 3 is 2.00 bits per heavy atom. The van der Waals surface area contributed by atoms with Crippen LogP contribution in [0, 0.1) is 0 Å². The highest BCUT2D eigenvalue weighted by Gasteiger charge is 2.23. The molecule has 0 radical (unpaired) electrons. The summed E-state index contributed by atoms with van der Waals surface area (Å²) in [5.41, 5.74) is 1.28. The predicted molar refractivity (Wildman–Crippen MR) is 76.3 cm³/mol. The summed E-state index contributed by atoms with van der Waals surface area (Å²) < 4.78 is -0.0807. The van der Waals surface area contributed by atoms with Crippen molar-refractivity contribution in [3.63, 3.8) is 0 Å². The fourth-order valence-electron chi connectivity index (χ4n) is 1.72. The maximum atomic E-state index is 3.98. The summed E-state index contributed by atoms with van der Waals surface area (Å²) in [5, 5.41) is 0. The standard InChI is InChI=1S/C16H16S/c1-3-16(2,14-10-6-4-7-11-14)17-15-12-8-5-9-13-15/h3-13H,1H2,2H3/t16-/m1/s1. The zero-order valence-corrected chi connectivity index (χ0v) is 10.8. The van der Waals surface area contributed by atoms with Gasteiger partial charge in [0.25, 0.3) is 0 Å². The van der Waals surface area contributed by atoms with E-state index in [1.807, 2.05) is 30.0 Å². The second-order valence-corrected chi connectivity index (χ2v) is 5.62. The Morgan fingerprint density at radius 1 is 0.941 bits per heavy atom. The van der Waals surface area contributed by atoms with E-state index in [0.29, 0.717) is 0 Å². The van der Waals surface area contributed by atoms with Crippen molar-refractivity contribution < 1.29 is 0 Å². The van der Waals surface area contributed by atoms with Crippen molar-refractivity contribution in [2.75, 3.05) is 0 Å². The van der Waals surface area contributed by atoms with E-state index in [1.54, 1.807) is 0 Å². The van der Waals surface area contributed by atoms with Crippen LogP contribution in [0.1, 0.15) is 12.5 Å². The van der Waals surface area contributed by atoms with Crippen LogP contribution < -0.4 is 0 Å². The minimum atomic E-state index is -0.0807. The summed E-state index contributed by atoms with van der Waals surface area (Å²) in [6, 6.07) is 20.9. The third-order valence-corrected chi connectivity index (χ3v) is 4.14. The van der Waals surface area contributed by atoms with Gasteiger partial charge in [-0.3, -0.25) is 0 Å². The van der Waals surface area contributed by atoms with Gasteiger partial charge in [-0.05, 0) is 24.6 Å². The van der Waals surface area contributed by atoms with Crippen LogP contribution in [0.5, 0.6) is 0 Å². The van der Waals surface area contributed by atoms with E-state index < -0.39 is 0 Å². The highest BCUT2D eigenvalue weighted by atomic mass is 32.2. The molecule has 0 aromatic heterocycles. The van der Waals surface area contributed by atoms with Gasteiger partial charge in [-0.25, -0.2) is 0 Å². The van der Waals surface area contributed by atoms with Gasteiger partial charge in [0.2, 0.25) is 0 Å². The highest BCUT2D eigenvalue weighted by molar-refractivity contribution is 8.00. The number of hydrogen-bond acceptors (Lipinski definition) is 1. The molecule has 0 saturated carbocycles. The summed E-state index contributed by atoms with van der Waals surface area (Å²) in [4.78, 5) is 1.26. The smallest absolute Gasteiger partial charge is 0.0604 e. The molecule has 2 aromatic rings. The first-order chi connectivity index (χ1) is 8.24. The van der Waals surface area contributed by atoms with E-state index in [1.165, 1.54) is 10.5 Å². The van der Waals surface area contributed by atoms with Crippen LogP contribution in [0.25, 0.3) is 0 Å². The van der Waals surface area contributed by atoms with Gasteiger partial charge in [0, 0.05) is 4.90 Å². The van der Waals surface area contributed by atoms with Crippen LogP contribution in [0.3, 0.4) is 0 Å². The quantitative estimate of drug-likeness (QED) is 0.542. The van der Waals surface area contributed by atoms with Crippen LogP contribution in [-0.2, 0) is 4.75 Å². The fourth-order valence-corrected chi connectivity index (χ4v) is 2.84. The Labute approximate surface area is 107 Å². The zero-order chi connectivity index (χ0) is 12.1. The van der Waals surface area contributed by atoms with Gasteiger partial charge in [-0.1, -0.05) is 54.6 Å². The predicted octanol–water partition coefficient (Wildman–Crippen LogP) is 4.88. The van der Waals surface area contributed by atoms with Gasteiger partial charge >= 0.3 is 0 Å². The van der Waals surface area contributed by atoms with E-state index in [9.17, 15) is 0 Å². The summed E-state index contributed by atoms with van der Waals surface area (Å²) >= 11 is 1.83. The lowest BCUT2D eigenvalue weighted by molar-refractivity contribution is 0.881. The van der Waals surface area contributed by atoms with Gasteiger partial charge in [0.15, 0.2) is 0 Å². The van der Waals surface area contributed by atoms with Crippen molar-refractivity contribution >= 4 is 11.8 Å². The van der Waals surface area contributed by atoms with Crippen LogP contribution in [0.2, 0.25) is 0 Å². The Balaban J connectivity index is 2.30. The number of rotatable bonds is 4. The minimum Gasteiger partial charge on any atom is -0.111 e. The molecule has 0 amide bonds. The molecule has 0 unspecified atom stereocenters. The van der Waals surface area contributed by atoms with Gasteiger partial charge in [0.05, 0.1) is 4.75 Å². The minimum absolute atomic E-state index is 0.0807. The molecule has 0 aliphatic heterocycles. The first kappa shape index (κ1) is 12.0. The van der Waals surface area contributed by atoms with E-state index in [-0.39, 0.29) is 4.75 Å². The van der Waals surface area contributed by atoms with Crippen molar-refractivity contribution in [3.8, 4) is 0 Å². The molecule has 0 saturated heterocycles. The van der Waals surface area contributed by atoms with Gasteiger partial charge in [-0.2, -0.15) is 0 Å². The zero-order valence-electron chi connectivity index (χ0n) is 9.97. The third kappa shape index (κ3) is 2.80. The lowest BCUT2D eigenvalue weighted by Gasteiger charge is -2.25. The molecule has 0 bridgehead atoms. The highest BCUT2D eigenvalue weighted by Crippen LogP contribution is 2.41. The van der Waals surface area contributed by atoms with Crippen molar-refractivity contribution in [1.82, 2.24) is 0 Å². The third-order valence-electron chi connectivity index (χ3n) is 2.81. The van der Waals surface area contributed by atoms with Crippen LogP contribution >= 0.6 is 11.8 Å². The Hall–Kier alpha value is -1.47. The topological polar surface area (TPSA) is 0 Å². The fraction of sp³-hybridized carbons (Fsp3) is 0.125. The van der Waals surface area contributed by atoms with Crippen molar-refractivity contribution in [2.24, 2.45) is 0 Å². The van der Waals surface area contributed by atoms with Crippen LogP contribution in [0.4, 0.5) is 0 Å². The lowest BCUT2D eigenvalue weighted by Crippen LogP contribution is -2.13. The molecule has 0 spiro atoms. The molecule has 0 nitrogen and oxygen atoms in total. The van der Waals surface area contributed by atoms with E-state index in [2.05, 4.69) is 62.0 Å². The summed E-state index contributed by atoms with van der Waals surface area (Å²) in [6.07, 6.45) is 2.01. The number of thioether (sulfide) groups is 1. The summed E-state index contributed by atoms with van der Waals surface area (Å²) in [6.45, 7) is 6.19. The van der Waals surface area contributed by atoms with Crippen molar-refractivity contribution in [1.29, 1.82) is 0 Å². The average molecular weight is 240 g/mol. The molecule has 0 N–H and O–H groups in total. The molecular formula is C16H16S. The molecule has 0 fully saturated rings. The number of hydrogen-bond donors (Lipinski definition) is 0. The first-order valence-electron chi connectivity index (χ1n) is 5.68. The maximum Gasteiger partial charge on any atom is 0.0604 e. The molecule has 17 heavy (non-hydrogen) atoms. The normalized spacial score (nSPS) is 13.9. The molecule has 2 rings (SSSR count). The maximum absolute atomic E-state index is 3.98. The molecule has 86 valence electrons. The second kappa shape index (κ2) is 5.24. The first-order valence-corrected chi connectivity index (χ1v) is 6.49. The van der Waals surface area contributed by atoms with Crippen molar-refractivity contribution in [3.05, 3.63) is 78.9 Å². The van der Waals surface area contributed by atoms with Crippen molar-refractivity contribution in [2.45, 2.75) is 16.6 Å².